The number of thioether (sulfide) groups is 1. The topological polar surface area (TPSA) is 283 Å². The molecule has 2 fully saturated rings. The van der Waals surface area contributed by atoms with Gasteiger partial charge >= 0.3 is 11.9 Å². The van der Waals surface area contributed by atoms with Gasteiger partial charge in [-0.25, -0.2) is 14.6 Å². The number of nitrogens with one attached hydrogen (secondary N) is 3. The van der Waals surface area contributed by atoms with Crippen LogP contribution >= 0.6 is 34.7 Å². The number of aromatic nitrogens is 1. The van der Waals surface area contributed by atoms with E-state index in [4.69, 9.17) is 22.2 Å². The monoisotopic (exact) mass is 781 g/mol. The number of aliphatic carboxylic acids is 2. The van der Waals surface area contributed by atoms with Gasteiger partial charge < -0.3 is 51.4 Å². The molecule has 0 aliphatic carbocycles. The van der Waals surface area contributed by atoms with Crippen LogP contribution in [0, 0.1) is 0 Å². The molecule has 22 heteroatoms. The lowest BCUT2D eigenvalue weighted by Gasteiger charge is -2.50. The second-order valence-corrected chi connectivity index (χ2v) is 14.4. The maximum Gasteiger partial charge on any atom is 0.352 e. The van der Waals surface area contributed by atoms with Crippen LogP contribution in [-0.4, -0.2) is 139 Å². The Morgan fingerprint density at radius 2 is 1.94 bits per heavy atom. The molecule has 5 rings (SSSR count). The number of carbonyl (C=O) groups is 6. The number of β-lactam (4-membered cyclic amide) rings is 1. The zero-order chi connectivity index (χ0) is 37.7. The lowest BCUT2D eigenvalue weighted by Crippen LogP contribution is -2.71. The largest absolute Gasteiger partial charge is 0.504 e. The molecule has 0 unspecified atom stereocenters. The number of rotatable bonds is 16. The molecule has 4 amide bonds. The van der Waals surface area contributed by atoms with E-state index in [-0.39, 0.29) is 45.8 Å². The zero-order valence-electron chi connectivity index (χ0n) is 27.1. The molecule has 52 heavy (non-hydrogen) atoms. The Labute approximate surface area is 308 Å². The highest BCUT2D eigenvalue weighted by molar-refractivity contribution is 8.00. The summed E-state index contributed by atoms with van der Waals surface area (Å²) in [5.74, 6) is -5.85. The van der Waals surface area contributed by atoms with Gasteiger partial charge in [0.05, 0.1) is 43.3 Å². The van der Waals surface area contributed by atoms with Crippen molar-refractivity contribution < 1.29 is 58.5 Å². The number of nitrogen functional groups attached to an aromatic ring is 1. The lowest BCUT2D eigenvalue weighted by atomic mass is 10.0. The predicted molar refractivity (Wildman–Crippen MR) is 185 cm³/mol. The molecule has 0 bridgehead atoms. The number of nitrogens with zero attached hydrogens (tertiary/aromatic N) is 4. The first-order valence-electron chi connectivity index (χ1n) is 15.7. The summed E-state index contributed by atoms with van der Waals surface area (Å²) in [5, 5.41) is 50.7. The number of carbonyl (C=O) groups excluding carboxylic acids is 4. The fourth-order valence-corrected chi connectivity index (χ4v) is 8.29. The van der Waals surface area contributed by atoms with Crippen LogP contribution in [0.4, 0.5) is 5.13 Å². The lowest BCUT2D eigenvalue weighted by molar-refractivity contribution is -0.911. The van der Waals surface area contributed by atoms with E-state index in [1.807, 2.05) is 0 Å². The van der Waals surface area contributed by atoms with Crippen molar-refractivity contribution in [1.29, 1.82) is 0 Å². The van der Waals surface area contributed by atoms with E-state index in [2.05, 4.69) is 26.1 Å². The van der Waals surface area contributed by atoms with Gasteiger partial charge in [0.2, 0.25) is 12.5 Å². The maximum absolute atomic E-state index is 13.5. The van der Waals surface area contributed by atoms with Gasteiger partial charge in [-0.2, -0.15) is 0 Å². The molecule has 3 aliphatic rings. The first kappa shape index (κ1) is 38.1. The Bertz CT molecular complexity index is 1850. The highest BCUT2D eigenvalue weighted by Crippen LogP contribution is 2.41. The Hall–Kier alpha value is -5.12. The van der Waals surface area contributed by atoms with Crippen molar-refractivity contribution in [2.45, 2.75) is 30.4 Å². The fraction of sp³-hybridized carbons (Fsp3) is 0.400. The molecule has 2 aromatic rings. The molecule has 0 spiro atoms. The zero-order valence-corrected chi connectivity index (χ0v) is 29.5. The van der Waals surface area contributed by atoms with Crippen molar-refractivity contribution in [3.63, 3.8) is 0 Å². The van der Waals surface area contributed by atoms with Gasteiger partial charge in [-0.3, -0.25) is 24.1 Å². The summed E-state index contributed by atoms with van der Waals surface area (Å²) in [7, 11) is 0. The van der Waals surface area contributed by atoms with Crippen molar-refractivity contribution in [3.05, 3.63) is 45.1 Å². The second kappa shape index (κ2) is 16.0. The third kappa shape index (κ3) is 8.01. The van der Waals surface area contributed by atoms with Gasteiger partial charge in [0, 0.05) is 29.5 Å². The number of fused-ring (bicyclic) bond motifs is 1. The smallest absolute Gasteiger partial charge is 0.352 e. The highest BCUT2D eigenvalue weighted by atomic mass is 35.5. The Morgan fingerprint density at radius 3 is 2.58 bits per heavy atom. The number of phenolic OH excluding ortho intramolecular Hbond substituents is 2. The van der Waals surface area contributed by atoms with Crippen LogP contribution < -0.4 is 21.7 Å². The minimum atomic E-state index is -1.66. The van der Waals surface area contributed by atoms with Crippen molar-refractivity contribution >= 4 is 81.6 Å². The number of hydrogen-bond acceptors (Lipinski definition) is 14. The van der Waals surface area contributed by atoms with E-state index >= 15 is 0 Å². The quantitative estimate of drug-likeness (QED) is 0.0266. The number of carboxylic acid groups (broad SMARTS) is 2. The van der Waals surface area contributed by atoms with Gasteiger partial charge in [0.25, 0.3) is 17.7 Å². The molecule has 1 aromatic heterocycles. The fourth-order valence-electron chi connectivity index (χ4n) is 6.16. The predicted octanol–water partition coefficient (Wildman–Crippen LogP) is -0.511. The van der Waals surface area contributed by atoms with Crippen molar-refractivity contribution in [2.24, 2.45) is 5.16 Å². The van der Waals surface area contributed by atoms with Gasteiger partial charge in [-0.15, -0.1) is 23.1 Å². The van der Waals surface area contributed by atoms with Gasteiger partial charge in [0.1, 0.15) is 29.4 Å². The van der Waals surface area contributed by atoms with Crippen LogP contribution in [0.15, 0.2) is 33.9 Å². The van der Waals surface area contributed by atoms with E-state index in [1.54, 1.807) is 0 Å². The standard InChI is InChI=1S/C30H33ClN8O11S2/c31-19-15(3-4-17(41)23(19)42)24(43)34-5-8-39(6-1-2-7-39)10-14-11-51-27-21(26(45)38(27)22(14)29(48)49)36-25(44)20(16-12-52-30(32)35-16)37-50-18(28(46)47)9-33-13-40/h3-4,12-13,18,21,27H,1-2,5-11H2,(H8-,32,33,34,35,36,37,40,41,42,43,44,46,47,48,49)/p+1/t18-,21+,27+/m0/s1. The number of quaternary nitrogens is 1. The number of aromatic hydroxyl groups is 2. The molecule has 9 N–H and O–H groups in total. The number of amides is 4. The minimum Gasteiger partial charge on any atom is -0.504 e. The van der Waals surface area contributed by atoms with E-state index < -0.39 is 70.9 Å². The molecule has 0 saturated carbocycles. The van der Waals surface area contributed by atoms with E-state index in [0.29, 0.717) is 36.2 Å². The Morgan fingerprint density at radius 1 is 1.21 bits per heavy atom. The number of phenols is 2. The summed E-state index contributed by atoms with van der Waals surface area (Å²) < 4.78 is 0.449. The average molecular weight is 782 g/mol. The summed E-state index contributed by atoms with van der Waals surface area (Å²) >= 11 is 8.26. The summed E-state index contributed by atoms with van der Waals surface area (Å²) in [6.45, 7) is 1.86. The summed E-state index contributed by atoms with van der Waals surface area (Å²) in [5.41, 5.74) is 5.46. The molecule has 2 saturated heterocycles. The number of oxime groups is 1. The first-order chi connectivity index (χ1) is 24.8. The molecular formula is C30H34ClN8O11S2+. The SMILES string of the molecule is Nc1nc(/C(=N/O[C@@H](CNC=O)C(=O)O)C(=O)N[C@@H]2C(=O)N3C(C(=O)O)=C(C[N+]4(CCNC(=O)c5ccc(O)c(O)c5Cl)CCCC4)CS[C@H]23)cs1. The number of thiazole rings is 1. The second-order valence-electron chi connectivity index (χ2n) is 12.0. The van der Waals surface area contributed by atoms with Gasteiger partial charge in [-0.05, 0) is 12.1 Å². The number of likely N-dealkylation sites (tertiary alicyclic amines) is 1. The van der Waals surface area contributed by atoms with Crippen LogP contribution in [0.1, 0.15) is 28.9 Å². The number of anilines is 1. The molecule has 0 radical (unpaired) electrons. The number of carboxylic acids is 2. The van der Waals surface area contributed by atoms with Crippen LogP contribution in [0.25, 0.3) is 0 Å². The van der Waals surface area contributed by atoms with Crippen molar-refractivity contribution in [2.75, 3.05) is 50.8 Å². The first-order valence-corrected chi connectivity index (χ1v) is 18.0. The van der Waals surface area contributed by atoms with Crippen molar-refractivity contribution in [1.82, 2.24) is 25.8 Å². The number of hydrogen-bond donors (Lipinski definition) is 8. The number of benzene rings is 1. The molecular weight excluding hydrogens is 748 g/mol. The molecule has 3 atom stereocenters. The molecule has 19 nitrogen and oxygen atoms in total. The van der Waals surface area contributed by atoms with Crippen LogP contribution in [0.3, 0.4) is 0 Å². The summed E-state index contributed by atoms with van der Waals surface area (Å²) in [6, 6.07) is 1.27. The summed E-state index contributed by atoms with van der Waals surface area (Å²) in [6.07, 6.45) is 0.335. The van der Waals surface area contributed by atoms with Crippen LogP contribution in [0.5, 0.6) is 11.5 Å². The maximum atomic E-state index is 13.5. The van der Waals surface area contributed by atoms with Crippen LogP contribution in [-0.2, 0) is 28.8 Å². The Kier molecular flexibility index (Phi) is 11.8. The third-order valence-corrected chi connectivity index (χ3v) is 11.1. The third-order valence-electron chi connectivity index (χ3n) is 8.70. The molecule has 278 valence electrons. The minimum absolute atomic E-state index is 0.0218. The normalized spacial score (nSPS) is 20.0. The van der Waals surface area contributed by atoms with E-state index in [0.717, 1.165) is 35.1 Å². The average Bonchev–Trinajstić information content (AvgIpc) is 3.75. The summed E-state index contributed by atoms with van der Waals surface area (Å²) in [4.78, 5) is 84.7. The van der Waals surface area contributed by atoms with E-state index in [9.17, 15) is 49.2 Å². The van der Waals surface area contributed by atoms with Crippen LogP contribution in [0.2, 0.25) is 5.02 Å². The number of nitrogens with two attached hydrogens (primary N) is 1. The van der Waals surface area contributed by atoms with Gasteiger partial charge in [0.15, 0.2) is 22.3 Å². The molecule has 3 aliphatic heterocycles. The van der Waals surface area contributed by atoms with Gasteiger partial charge in [-0.1, -0.05) is 16.8 Å². The Balaban J connectivity index is 1.29. The molecule has 1 aromatic carbocycles. The highest BCUT2D eigenvalue weighted by Gasteiger charge is 2.55. The number of halogens is 1. The van der Waals surface area contributed by atoms with E-state index in [1.165, 1.54) is 23.2 Å². The van der Waals surface area contributed by atoms with Crippen molar-refractivity contribution in [3.8, 4) is 11.5 Å². The molecule has 4 heterocycles.